The number of fused-ring (bicyclic) bond motifs is 1. The lowest BCUT2D eigenvalue weighted by molar-refractivity contribution is 0.0910. The molecular weight excluding hydrogens is 398 g/mol. The largest absolute Gasteiger partial charge is 0.291 e. The van der Waals surface area contributed by atoms with Crippen molar-refractivity contribution in [2.75, 3.05) is 0 Å². The van der Waals surface area contributed by atoms with Gasteiger partial charge in [-0.2, -0.15) is 5.10 Å². The molecule has 0 unspecified atom stereocenters. The summed E-state index contributed by atoms with van der Waals surface area (Å²) in [5, 5.41) is 4.54. The molecule has 1 aliphatic carbocycles. The zero-order valence-corrected chi connectivity index (χ0v) is 15.2. The van der Waals surface area contributed by atoms with Crippen LogP contribution in [0.1, 0.15) is 35.6 Å². The van der Waals surface area contributed by atoms with E-state index >= 15 is 0 Å². The van der Waals surface area contributed by atoms with Gasteiger partial charge in [-0.05, 0) is 25.5 Å². The maximum atomic E-state index is 12.9. The number of hydrogen-bond acceptors (Lipinski definition) is 3. The number of Topliss-reactive ketones (excluding diaryl/α,β-unsaturated/α-hetero) is 1. The van der Waals surface area contributed by atoms with Crippen LogP contribution in [0.4, 0.5) is 0 Å². The number of alkyl halides is 2. The molecule has 0 bridgehead atoms. The van der Waals surface area contributed by atoms with Gasteiger partial charge < -0.3 is 0 Å². The molecule has 6 heteroatoms. The highest BCUT2D eigenvalue weighted by molar-refractivity contribution is 9.26. The molecule has 21 heavy (non-hydrogen) atoms. The fraction of sp³-hybridized carbons (Fsp3) is 0.400. The molecule has 0 amide bonds. The number of hydrogen-bond donors (Lipinski definition) is 0. The fourth-order valence-electron chi connectivity index (χ4n) is 2.70. The van der Waals surface area contributed by atoms with E-state index in [0.717, 1.165) is 23.6 Å². The van der Waals surface area contributed by atoms with Gasteiger partial charge in [0, 0.05) is 11.6 Å². The van der Waals surface area contributed by atoms with E-state index in [1.54, 1.807) is 10.9 Å². The maximum absolute atomic E-state index is 12.9. The van der Waals surface area contributed by atoms with Crippen LogP contribution < -0.4 is 0 Å². The van der Waals surface area contributed by atoms with Gasteiger partial charge >= 0.3 is 0 Å². The lowest BCUT2D eigenvalue weighted by Gasteiger charge is -2.40. The highest BCUT2D eigenvalue weighted by Crippen LogP contribution is 2.52. The SMILES string of the molecule is Cc1nn(-c2ccccn2)c2c1C(=O)C(Br)(Br)C(C)(C)C2. The third-order valence-corrected chi connectivity index (χ3v) is 6.86. The number of aryl methyl sites for hydroxylation is 1. The molecule has 0 fully saturated rings. The molecule has 0 aliphatic heterocycles. The monoisotopic (exact) mass is 411 g/mol. The van der Waals surface area contributed by atoms with Gasteiger partial charge in [-0.25, -0.2) is 9.67 Å². The molecule has 3 rings (SSSR count). The predicted molar refractivity (Wildman–Crippen MR) is 88.5 cm³/mol. The minimum atomic E-state index is -0.761. The Balaban J connectivity index is 2.24. The number of carbonyl (C=O) groups is 1. The Morgan fingerprint density at radius 2 is 2.00 bits per heavy atom. The molecule has 2 aromatic heterocycles. The predicted octanol–water partition coefficient (Wildman–Crippen LogP) is 3.83. The number of aromatic nitrogens is 3. The minimum Gasteiger partial charge on any atom is -0.291 e. The Morgan fingerprint density at radius 3 is 2.62 bits per heavy atom. The molecule has 0 saturated carbocycles. The molecule has 0 saturated heterocycles. The molecule has 1 aliphatic rings. The number of ketones is 1. The summed E-state index contributed by atoms with van der Waals surface area (Å²) in [6.07, 6.45) is 2.45. The number of nitrogens with zero attached hydrogens (tertiary/aromatic N) is 3. The summed E-state index contributed by atoms with van der Waals surface area (Å²) in [7, 11) is 0. The smallest absolute Gasteiger partial charge is 0.194 e. The Morgan fingerprint density at radius 1 is 1.29 bits per heavy atom. The summed E-state index contributed by atoms with van der Waals surface area (Å²) in [6, 6.07) is 5.68. The van der Waals surface area contributed by atoms with Gasteiger partial charge in [0.15, 0.2) is 11.6 Å². The van der Waals surface area contributed by atoms with Crippen LogP contribution in [0.5, 0.6) is 0 Å². The van der Waals surface area contributed by atoms with Crippen molar-refractivity contribution in [3.63, 3.8) is 0 Å². The lowest BCUT2D eigenvalue weighted by atomic mass is 9.75. The molecule has 4 nitrogen and oxygen atoms in total. The van der Waals surface area contributed by atoms with Crippen LogP contribution in [-0.2, 0) is 6.42 Å². The van der Waals surface area contributed by atoms with Gasteiger partial charge in [-0.3, -0.25) is 4.79 Å². The fourth-order valence-corrected chi connectivity index (χ4v) is 3.37. The summed E-state index contributed by atoms with van der Waals surface area (Å²) in [4.78, 5) is 17.2. The van der Waals surface area contributed by atoms with E-state index in [0.29, 0.717) is 5.56 Å². The molecule has 2 heterocycles. The van der Waals surface area contributed by atoms with Gasteiger partial charge in [0.2, 0.25) is 0 Å². The molecule has 2 aromatic rings. The number of pyridine rings is 1. The van der Waals surface area contributed by atoms with Crippen LogP contribution in [0.2, 0.25) is 0 Å². The number of carbonyl (C=O) groups excluding carboxylic acids is 1. The van der Waals surface area contributed by atoms with E-state index in [1.807, 2.05) is 25.1 Å². The van der Waals surface area contributed by atoms with Gasteiger partial charge in [0.1, 0.15) is 3.23 Å². The summed E-state index contributed by atoms with van der Waals surface area (Å²) in [5.41, 5.74) is 2.07. The van der Waals surface area contributed by atoms with Crippen molar-refractivity contribution in [2.45, 2.75) is 30.4 Å². The minimum absolute atomic E-state index is 0.0217. The zero-order valence-electron chi connectivity index (χ0n) is 12.0. The summed E-state index contributed by atoms with van der Waals surface area (Å²) < 4.78 is 1.03. The third-order valence-electron chi connectivity index (χ3n) is 3.99. The van der Waals surface area contributed by atoms with E-state index < -0.39 is 3.23 Å². The standard InChI is InChI=1S/C15H15Br2N3O/c1-9-12-10(8-14(2,3)15(16,17)13(12)21)20(19-9)11-6-4-5-7-18-11/h4-7H,8H2,1-3H3. The topological polar surface area (TPSA) is 47.8 Å². The molecule has 110 valence electrons. The van der Waals surface area contributed by atoms with Crippen molar-refractivity contribution < 1.29 is 4.79 Å². The van der Waals surface area contributed by atoms with Crippen LogP contribution in [0.3, 0.4) is 0 Å². The first-order valence-corrected chi connectivity index (χ1v) is 8.27. The van der Waals surface area contributed by atoms with E-state index in [-0.39, 0.29) is 11.2 Å². The first-order chi connectivity index (χ1) is 9.75. The van der Waals surface area contributed by atoms with Gasteiger partial charge in [-0.15, -0.1) is 0 Å². The second kappa shape index (κ2) is 4.74. The summed E-state index contributed by atoms with van der Waals surface area (Å²) >= 11 is 7.13. The van der Waals surface area contributed by atoms with Crippen molar-refractivity contribution in [3.8, 4) is 5.82 Å². The second-order valence-electron chi connectivity index (χ2n) is 5.97. The maximum Gasteiger partial charge on any atom is 0.194 e. The Labute approximate surface area is 140 Å². The Hall–Kier alpha value is -1.01. The van der Waals surface area contributed by atoms with Crippen molar-refractivity contribution >= 4 is 37.6 Å². The van der Waals surface area contributed by atoms with E-state index in [9.17, 15) is 4.79 Å². The first-order valence-electron chi connectivity index (χ1n) is 6.68. The number of rotatable bonds is 1. The molecule has 0 N–H and O–H groups in total. The lowest BCUT2D eigenvalue weighted by Crippen LogP contribution is -2.46. The van der Waals surface area contributed by atoms with Crippen LogP contribution in [0.15, 0.2) is 24.4 Å². The van der Waals surface area contributed by atoms with Crippen molar-refractivity contribution in [1.29, 1.82) is 0 Å². The van der Waals surface area contributed by atoms with Crippen LogP contribution in [0, 0.1) is 12.3 Å². The van der Waals surface area contributed by atoms with Crippen molar-refractivity contribution in [1.82, 2.24) is 14.8 Å². The van der Waals surface area contributed by atoms with Gasteiger partial charge in [0.05, 0.1) is 17.0 Å². The van der Waals surface area contributed by atoms with Crippen molar-refractivity contribution in [2.24, 2.45) is 5.41 Å². The quantitative estimate of drug-likeness (QED) is 0.668. The highest BCUT2D eigenvalue weighted by atomic mass is 79.9. The van der Waals surface area contributed by atoms with Crippen molar-refractivity contribution in [3.05, 3.63) is 41.3 Å². The first kappa shape index (κ1) is 14.9. The molecular formula is C15H15Br2N3O. The zero-order chi connectivity index (χ0) is 15.4. The van der Waals surface area contributed by atoms with E-state index in [1.165, 1.54) is 0 Å². The normalized spacial score (nSPS) is 19.4. The van der Waals surface area contributed by atoms with Gasteiger partial charge in [-0.1, -0.05) is 51.8 Å². The molecule has 0 aromatic carbocycles. The van der Waals surface area contributed by atoms with Crippen LogP contribution in [0.25, 0.3) is 5.82 Å². The number of halogens is 2. The van der Waals surface area contributed by atoms with Crippen LogP contribution in [-0.4, -0.2) is 23.8 Å². The second-order valence-corrected chi connectivity index (χ2v) is 9.41. The Bertz CT molecular complexity index is 720. The summed E-state index contributed by atoms with van der Waals surface area (Å²) in [6.45, 7) is 5.98. The molecule has 0 radical (unpaired) electrons. The average molecular weight is 413 g/mol. The molecule has 0 atom stereocenters. The third kappa shape index (κ3) is 2.11. The highest BCUT2D eigenvalue weighted by Gasteiger charge is 2.53. The van der Waals surface area contributed by atoms with E-state index in [2.05, 4.69) is 55.8 Å². The summed E-state index contributed by atoms with van der Waals surface area (Å²) in [5.74, 6) is 0.760. The van der Waals surface area contributed by atoms with Crippen LogP contribution >= 0.6 is 31.9 Å². The Kier molecular flexibility index (Phi) is 3.37. The average Bonchev–Trinajstić information content (AvgIpc) is 2.74. The van der Waals surface area contributed by atoms with E-state index in [4.69, 9.17) is 0 Å². The molecule has 0 spiro atoms. The van der Waals surface area contributed by atoms with Gasteiger partial charge in [0.25, 0.3) is 0 Å².